The highest BCUT2D eigenvalue weighted by atomic mass is 16.4. The number of aromatic carboxylic acids is 1. The van der Waals surface area contributed by atoms with Crippen LogP contribution in [0.2, 0.25) is 0 Å². The zero-order chi connectivity index (χ0) is 11.7. The smallest absolute Gasteiger partial charge is 0.374 e. The molecule has 16 heavy (non-hydrogen) atoms. The third kappa shape index (κ3) is 1.80. The Hall–Kier alpha value is -1.43. The molecule has 0 aliphatic carbocycles. The van der Waals surface area contributed by atoms with Crippen molar-refractivity contribution in [3.8, 4) is 0 Å². The van der Waals surface area contributed by atoms with Gasteiger partial charge >= 0.3 is 5.97 Å². The molecule has 0 fully saturated rings. The largest absolute Gasteiger partial charge is 0.475 e. The van der Waals surface area contributed by atoms with Gasteiger partial charge < -0.3 is 15.0 Å². The first-order valence-corrected chi connectivity index (χ1v) is 5.51. The Morgan fingerprint density at radius 2 is 2.31 bits per heavy atom. The van der Waals surface area contributed by atoms with E-state index in [1.54, 1.807) is 4.57 Å². The Bertz CT molecular complexity index is 400. The molecule has 1 aromatic rings. The van der Waals surface area contributed by atoms with Crippen LogP contribution in [0.1, 0.15) is 42.8 Å². The normalized spacial score (nSPS) is 20.6. The molecule has 0 radical (unpaired) electrons. The minimum absolute atomic E-state index is 0.0457. The summed E-state index contributed by atoms with van der Waals surface area (Å²) in [5, 5.41) is 20.1. The summed E-state index contributed by atoms with van der Waals surface area (Å²) < 4.78 is 1.72. The summed E-state index contributed by atoms with van der Waals surface area (Å²) in [6.07, 6.45) is 0.897. The molecule has 6 nitrogen and oxygen atoms in total. The summed E-state index contributed by atoms with van der Waals surface area (Å²) in [6.45, 7) is 5.72. The maximum atomic E-state index is 11.0. The van der Waals surface area contributed by atoms with Gasteiger partial charge in [0.2, 0.25) is 5.82 Å². The summed E-state index contributed by atoms with van der Waals surface area (Å²) in [5.41, 5.74) is 0. The first kappa shape index (κ1) is 11.1. The van der Waals surface area contributed by atoms with Crippen molar-refractivity contribution in [2.24, 2.45) is 5.92 Å². The van der Waals surface area contributed by atoms with E-state index in [2.05, 4.69) is 29.4 Å². The molecule has 0 saturated carbocycles. The third-order valence-corrected chi connectivity index (χ3v) is 2.84. The molecule has 0 unspecified atom stereocenters. The van der Waals surface area contributed by atoms with Gasteiger partial charge in [0.05, 0.1) is 6.04 Å². The number of nitrogens with one attached hydrogen (secondary N) is 1. The average molecular weight is 224 g/mol. The number of hydrogen-bond donors (Lipinski definition) is 2. The molecule has 0 aromatic carbocycles. The quantitative estimate of drug-likeness (QED) is 0.771. The van der Waals surface area contributed by atoms with E-state index in [0.29, 0.717) is 12.5 Å². The van der Waals surface area contributed by atoms with E-state index in [1.807, 2.05) is 0 Å². The lowest BCUT2D eigenvalue weighted by molar-refractivity contribution is 0.0677. The highest BCUT2D eigenvalue weighted by Crippen LogP contribution is 2.23. The van der Waals surface area contributed by atoms with Gasteiger partial charge in [0.1, 0.15) is 0 Å². The molecular formula is C10H16N4O2. The van der Waals surface area contributed by atoms with Crippen LogP contribution in [0.25, 0.3) is 0 Å². The summed E-state index contributed by atoms with van der Waals surface area (Å²) in [5.74, 6) is 0.139. The number of carbonyl (C=O) groups is 1. The van der Waals surface area contributed by atoms with Crippen LogP contribution in [0.4, 0.5) is 0 Å². The van der Waals surface area contributed by atoms with Crippen molar-refractivity contribution in [1.82, 2.24) is 20.1 Å². The predicted molar refractivity (Wildman–Crippen MR) is 57.2 cm³/mol. The van der Waals surface area contributed by atoms with Gasteiger partial charge in [-0.2, -0.15) is 0 Å². The SMILES string of the molecule is CC(C)[C@H]1NCCCn2c(C(=O)O)nnc21. The Labute approximate surface area is 93.7 Å². The van der Waals surface area contributed by atoms with Gasteiger partial charge in [-0.3, -0.25) is 0 Å². The minimum Gasteiger partial charge on any atom is -0.475 e. The van der Waals surface area contributed by atoms with Gasteiger partial charge in [-0.15, -0.1) is 10.2 Å². The van der Waals surface area contributed by atoms with Crippen molar-refractivity contribution in [3.05, 3.63) is 11.6 Å². The van der Waals surface area contributed by atoms with E-state index in [0.717, 1.165) is 18.8 Å². The zero-order valence-electron chi connectivity index (χ0n) is 9.47. The van der Waals surface area contributed by atoms with Crippen LogP contribution in [0.5, 0.6) is 0 Å². The van der Waals surface area contributed by atoms with Crippen LogP contribution < -0.4 is 5.32 Å². The Morgan fingerprint density at radius 3 is 2.94 bits per heavy atom. The van der Waals surface area contributed by atoms with E-state index in [-0.39, 0.29) is 11.9 Å². The molecule has 0 bridgehead atoms. The Kier molecular flexibility index (Phi) is 2.91. The lowest BCUT2D eigenvalue weighted by Crippen LogP contribution is -2.26. The van der Waals surface area contributed by atoms with E-state index in [4.69, 9.17) is 5.11 Å². The molecule has 1 aliphatic rings. The van der Waals surface area contributed by atoms with Crippen molar-refractivity contribution in [3.63, 3.8) is 0 Å². The second-order valence-corrected chi connectivity index (χ2v) is 4.37. The fourth-order valence-electron chi connectivity index (χ4n) is 2.04. The van der Waals surface area contributed by atoms with Gasteiger partial charge in [0.15, 0.2) is 5.82 Å². The van der Waals surface area contributed by atoms with Crippen molar-refractivity contribution in [1.29, 1.82) is 0 Å². The number of rotatable bonds is 2. The highest BCUT2D eigenvalue weighted by Gasteiger charge is 2.27. The molecular weight excluding hydrogens is 208 g/mol. The van der Waals surface area contributed by atoms with Crippen LogP contribution in [-0.2, 0) is 6.54 Å². The molecule has 0 spiro atoms. The van der Waals surface area contributed by atoms with E-state index < -0.39 is 5.97 Å². The highest BCUT2D eigenvalue weighted by molar-refractivity contribution is 5.83. The molecule has 1 aromatic heterocycles. The second kappa shape index (κ2) is 4.21. The fraction of sp³-hybridized carbons (Fsp3) is 0.700. The average Bonchev–Trinajstić information content (AvgIpc) is 2.51. The Morgan fingerprint density at radius 1 is 1.56 bits per heavy atom. The fourth-order valence-corrected chi connectivity index (χ4v) is 2.04. The van der Waals surface area contributed by atoms with Crippen molar-refractivity contribution in [2.45, 2.75) is 32.9 Å². The molecule has 0 saturated heterocycles. The van der Waals surface area contributed by atoms with Crippen LogP contribution in [0.3, 0.4) is 0 Å². The van der Waals surface area contributed by atoms with E-state index >= 15 is 0 Å². The van der Waals surface area contributed by atoms with E-state index in [1.165, 1.54) is 0 Å². The number of carboxylic acid groups (broad SMARTS) is 1. The van der Waals surface area contributed by atoms with E-state index in [9.17, 15) is 4.79 Å². The number of hydrogen-bond acceptors (Lipinski definition) is 4. The second-order valence-electron chi connectivity index (χ2n) is 4.37. The van der Waals surface area contributed by atoms with Gasteiger partial charge in [-0.1, -0.05) is 13.8 Å². The third-order valence-electron chi connectivity index (χ3n) is 2.84. The van der Waals surface area contributed by atoms with Crippen molar-refractivity contribution in [2.75, 3.05) is 6.54 Å². The molecule has 1 aliphatic heterocycles. The first-order valence-electron chi connectivity index (χ1n) is 5.51. The lowest BCUT2D eigenvalue weighted by Gasteiger charge is -2.18. The summed E-state index contributed by atoms with van der Waals surface area (Å²) >= 11 is 0. The molecule has 6 heteroatoms. The number of nitrogens with zero attached hydrogens (tertiary/aromatic N) is 3. The van der Waals surface area contributed by atoms with Crippen molar-refractivity contribution >= 4 is 5.97 Å². The maximum Gasteiger partial charge on any atom is 0.374 e. The maximum absolute atomic E-state index is 11.0. The predicted octanol–water partition coefficient (Wildman–Crippen LogP) is 0.667. The van der Waals surface area contributed by atoms with Gasteiger partial charge in [0.25, 0.3) is 0 Å². The zero-order valence-corrected chi connectivity index (χ0v) is 9.47. The van der Waals surface area contributed by atoms with Gasteiger partial charge in [-0.05, 0) is 18.9 Å². The lowest BCUT2D eigenvalue weighted by atomic mass is 10.0. The monoisotopic (exact) mass is 224 g/mol. The molecule has 1 atom stereocenters. The van der Waals surface area contributed by atoms with Crippen LogP contribution >= 0.6 is 0 Å². The van der Waals surface area contributed by atoms with Crippen LogP contribution in [0, 0.1) is 5.92 Å². The molecule has 88 valence electrons. The van der Waals surface area contributed by atoms with Crippen LogP contribution in [-0.4, -0.2) is 32.4 Å². The number of aromatic nitrogens is 3. The number of fused-ring (bicyclic) bond motifs is 1. The van der Waals surface area contributed by atoms with Crippen LogP contribution in [0.15, 0.2) is 0 Å². The summed E-state index contributed by atoms with van der Waals surface area (Å²) in [6, 6.07) is 0.0862. The topological polar surface area (TPSA) is 80.0 Å². The minimum atomic E-state index is -1.01. The number of carboxylic acids is 1. The standard InChI is InChI=1S/C10H16N4O2/c1-6(2)7-8-12-13-9(10(15)16)14(8)5-3-4-11-7/h6-7,11H,3-5H2,1-2H3,(H,15,16)/t7-/m1/s1. The summed E-state index contributed by atoms with van der Waals surface area (Å²) in [7, 11) is 0. The summed E-state index contributed by atoms with van der Waals surface area (Å²) in [4.78, 5) is 11.0. The first-order chi connectivity index (χ1) is 7.61. The molecule has 2 heterocycles. The van der Waals surface area contributed by atoms with Crippen molar-refractivity contribution < 1.29 is 9.90 Å². The van der Waals surface area contributed by atoms with Gasteiger partial charge in [0, 0.05) is 6.54 Å². The molecule has 0 amide bonds. The molecule has 2 rings (SSSR count). The molecule has 2 N–H and O–H groups in total. The Balaban J connectivity index is 2.43. The van der Waals surface area contributed by atoms with Gasteiger partial charge in [-0.25, -0.2) is 4.79 Å².